The molecule has 0 bridgehead atoms. The van der Waals surface area contributed by atoms with Crippen LogP contribution in [-0.2, 0) is 4.79 Å². The van der Waals surface area contributed by atoms with E-state index in [2.05, 4.69) is 5.32 Å². The molecule has 0 amide bonds. The predicted molar refractivity (Wildman–Crippen MR) is 65.0 cm³/mol. The van der Waals surface area contributed by atoms with Crippen molar-refractivity contribution < 1.29 is 14.7 Å². The quantitative estimate of drug-likeness (QED) is 0.770. The first-order valence-electron chi connectivity index (χ1n) is 4.80. The van der Waals surface area contributed by atoms with Gasteiger partial charge >= 0.3 is 5.97 Å². The van der Waals surface area contributed by atoms with E-state index in [9.17, 15) is 9.59 Å². The fourth-order valence-corrected chi connectivity index (χ4v) is 1.61. The summed E-state index contributed by atoms with van der Waals surface area (Å²) in [4.78, 5) is 21.2. The van der Waals surface area contributed by atoms with Gasteiger partial charge in [0.05, 0.1) is 5.56 Å². The van der Waals surface area contributed by atoms with Crippen molar-refractivity contribution in [2.24, 2.45) is 0 Å². The number of benzene rings is 1. The Morgan fingerprint density at radius 2 is 1.94 bits per heavy atom. The average Bonchev–Trinajstić information content (AvgIpc) is 2.25. The summed E-state index contributed by atoms with van der Waals surface area (Å²) in [5.74, 6) is -0.227. The molecule has 5 heteroatoms. The van der Waals surface area contributed by atoms with Crippen molar-refractivity contribution in [3.63, 3.8) is 0 Å². The number of carbonyl (C=O) groups excluding carboxylic acids is 1. The van der Waals surface area contributed by atoms with Gasteiger partial charge in [-0.1, -0.05) is 11.8 Å². The molecule has 0 spiro atoms. The van der Waals surface area contributed by atoms with Gasteiger partial charge in [-0.2, -0.15) is 0 Å². The molecule has 86 valence electrons. The van der Waals surface area contributed by atoms with E-state index in [1.54, 1.807) is 24.3 Å². The first-order chi connectivity index (χ1) is 7.59. The minimum atomic E-state index is -0.932. The van der Waals surface area contributed by atoms with Crippen LogP contribution in [0.2, 0.25) is 0 Å². The maximum Gasteiger partial charge on any atom is 0.335 e. The Hall–Kier alpha value is -1.49. The lowest BCUT2D eigenvalue weighted by atomic mass is 10.2. The van der Waals surface area contributed by atoms with Gasteiger partial charge in [0.15, 0.2) is 5.12 Å². The van der Waals surface area contributed by atoms with Gasteiger partial charge < -0.3 is 10.4 Å². The monoisotopic (exact) mass is 239 g/mol. The third-order valence-corrected chi connectivity index (χ3v) is 2.68. The van der Waals surface area contributed by atoms with Crippen molar-refractivity contribution in [2.75, 3.05) is 17.6 Å². The lowest BCUT2D eigenvalue weighted by Crippen LogP contribution is -2.05. The number of carboxylic acid groups (broad SMARTS) is 1. The van der Waals surface area contributed by atoms with Crippen molar-refractivity contribution in [3.05, 3.63) is 29.8 Å². The first-order valence-corrected chi connectivity index (χ1v) is 5.79. The zero-order valence-electron chi connectivity index (χ0n) is 8.90. The lowest BCUT2D eigenvalue weighted by Gasteiger charge is -2.05. The van der Waals surface area contributed by atoms with Gasteiger partial charge in [-0.3, -0.25) is 4.79 Å². The maximum absolute atomic E-state index is 10.6. The zero-order chi connectivity index (χ0) is 12.0. The molecule has 0 aliphatic heterocycles. The van der Waals surface area contributed by atoms with E-state index in [4.69, 9.17) is 5.11 Å². The third kappa shape index (κ3) is 4.35. The van der Waals surface area contributed by atoms with Crippen LogP contribution < -0.4 is 5.32 Å². The second-order valence-corrected chi connectivity index (χ2v) is 4.42. The Morgan fingerprint density at radius 3 is 2.44 bits per heavy atom. The van der Waals surface area contributed by atoms with Gasteiger partial charge in [0.25, 0.3) is 0 Å². The third-order valence-electron chi connectivity index (χ3n) is 1.87. The normalized spacial score (nSPS) is 9.81. The smallest absolute Gasteiger partial charge is 0.335 e. The molecule has 1 rings (SSSR count). The Kier molecular flexibility index (Phi) is 4.85. The number of hydrogen-bond donors (Lipinski definition) is 2. The molecule has 1 aromatic carbocycles. The molecular weight excluding hydrogens is 226 g/mol. The van der Waals surface area contributed by atoms with E-state index in [0.717, 1.165) is 5.69 Å². The minimum Gasteiger partial charge on any atom is -0.478 e. The molecule has 0 aliphatic rings. The number of hydrogen-bond acceptors (Lipinski definition) is 4. The van der Waals surface area contributed by atoms with Crippen molar-refractivity contribution in [3.8, 4) is 0 Å². The molecule has 1 aromatic rings. The molecular formula is C11H13NO3S. The summed E-state index contributed by atoms with van der Waals surface area (Å²) >= 11 is 1.26. The molecule has 2 N–H and O–H groups in total. The van der Waals surface area contributed by atoms with E-state index in [-0.39, 0.29) is 10.7 Å². The number of carboxylic acids is 1. The highest BCUT2D eigenvalue weighted by molar-refractivity contribution is 8.13. The molecule has 0 fully saturated rings. The van der Waals surface area contributed by atoms with Crippen LogP contribution in [0.4, 0.5) is 5.69 Å². The van der Waals surface area contributed by atoms with Crippen molar-refractivity contribution in [1.29, 1.82) is 0 Å². The van der Waals surface area contributed by atoms with Crippen LogP contribution in [0.25, 0.3) is 0 Å². The van der Waals surface area contributed by atoms with Gasteiger partial charge in [0.1, 0.15) is 0 Å². The second-order valence-electron chi connectivity index (χ2n) is 3.15. The Bertz CT molecular complexity index is 375. The van der Waals surface area contributed by atoms with Crippen LogP contribution in [0.1, 0.15) is 17.3 Å². The number of aromatic carboxylic acids is 1. The molecule has 0 unspecified atom stereocenters. The summed E-state index contributed by atoms with van der Waals surface area (Å²) in [7, 11) is 0. The van der Waals surface area contributed by atoms with Crippen LogP contribution in [0.5, 0.6) is 0 Å². The van der Waals surface area contributed by atoms with Crippen molar-refractivity contribution in [2.45, 2.75) is 6.92 Å². The average molecular weight is 239 g/mol. The molecule has 0 radical (unpaired) electrons. The summed E-state index contributed by atoms with van der Waals surface area (Å²) in [5, 5.41) is 11.9. The van der Waals surface area contributed by atoms with E-state index >= 15 is 0 Å². The van der Waals surface area contributed by atoms with E-state index < -0.39 is 5.97 Å². The summed E-state index contributed by atoms with van der Waals surface area (Å²) in [6.07, 6.45) is 0. The number of anilines is 1. The molecule has 0 aliphatic carbocycles. The summed E-state index contributed by atoms with van der Waals surface area (Å²) < 4.78 is 0. The lowest BCUT2D eigenvalue weighted by molar-refractivity contribution is -0.109. The number of carbonyl (C=O) groups is 2. The van der Waals surface area contributed by atoms with Crippen LogP contribution in [0.3, 0.4) is 0 Å². The Morgan fingerprint density at radius 1 is 1.31 bits per heavy atom. The Labute approximate surface area is 98.0 Å². The summed E-state index contributed by atoms with van der Waals surface area (Å²) in [5.41, 5.74) is 1.12. The van der Waals surface area contributed by atoms with Crippen molar-refractivity contribution >= 4 is 28.5 Å². The highest BCUT2D eigenvalue weighted by atomic mass is 32.2. The summed E-state index contributed by atoms with van der Waals surface area (Å²) in [6, 6.07) is 6.51. The van der Waals surface area contributed by atoms with Crippen LogP contribution in [0, 0.1) is 0 Å². The fourth-order valence-electron chi connectivity index (χ4n) is 1.12. The molecule has 0 heterocycles. The van der Waals surface area contributed by atoms with Crippen LogP contribution >= 0.6 is 11.8 Å². The Balaban J connectivity index is 2.38. The molecule has 0 saturated carbocycles. The van der Waals surface area contributed by atoms with Crippen LogP contribution in [-0.4, -0.2) is 28.5 Å². The van der Waals surface area contributed by atoms with Gasteiger partial charge in [0.2, 0.25) is 0 Å². The van der Waals surface area contributed by atoms with E-state index in [0.29, 0.717) is 12.3 Å². The molecule has 0 atom stereocenters. The van der Waals surface area contributed by atoms with Gasteiger partial charge in [-0.25, -0.2) is 4.79 Å². The molecule has 16 heavy (non-hydrogen) atoms. The molecule has 4 nitrogen and oxygen atoms in total. The summed E-state index contributed by atoms with van der Waals surface area (Å²) in [6.45, 7) is 2.21. The molecule has 0 aromatic heterocycles. The largest absolute Gasteiger partial charge is 0.478 e. The van der Waals surface area contributed by atoms with E-state index in [1.165, 1.54) is 18.7 Å². The highest BCUT2D eigenvalue weighted by Gasteiger charge is 2.01. The second kappa shape index (κ2) is 6.17. The van der Waals surface area contributed by atoms with Gasteiger partial charge in [0, 0.05) is 24.9 Å². The number of rotatable bonds is 5. The fraction of sp³-hybridized carbons (Fsp3) is 0.273. The van der Waals surface area contributed by atoms with Crippen molar-refractivity contribution in [1.82, 2.24) is 0 Å². The van der Waals surface area contributed by atoms with Crippen LogP contribution in [0.15, 0.2) is 24.3 Å². The van der Waals surface area contributed by atoms with E-state index in [1.807, 2.05) is 0 Å². The first kappa shape index (κ1) is 12.6. The zero-order valence-corrected chi connectivity index (χ0v) is 9.71. The maximum atomic E-state index is 10.6. The standard InChI is InChI=1S/C11H13NO3S/c1-8(13)16-7-6-12-10-4-2-9(3-5-10)11(14)15/h2-5,12H,6-7H2,1H3,(H,14,15). The predicted octanol–water partition coefficient (Wildman–Crippen LogP) is 2.08. The minimum absolute atomic E-state index is 0.100. The molecule has 0 saturated heterocycles. The van der Waals surface area contributed by atoms with Gasteiger partial charge in [-0.05, 0) is 24.3 Å². The SMILES string of the molecule is CC(=O)SCCNc1ccc(C(=O)O)cc1. The topological polar surface area (TPSA) is 66.4 Å². The number of thioether (sulfide) groups is 1. The van der Waals surface area contributed by atoms with Gasteiger partial charge in [-0.15, -0.1) is 0 Å². The number of nitrogens with one attached hydrogen (secondary N) is 1. The highest BCUT2D eigenvalue weighted by Crippen LogP contribution is 2.10.